The van der Waals surface area contributed by atoms with Gasteiger partial charge in [0.1, 0.15) is 6.57 Å². The van der Waals surface area contributed by atoms with Crippen molar-refractivity contribution in [2.75, 3.05) is 0 Å². The summed E-state index contributed by atoms with van der Waals surface area (Å²) in [6.45, 7) is 7.62. The Morgan fingerprint density at radius 3 is 1.76 bits per heavy atom. The van der Waals surface area contributed by atoms with E-state index < -0.39 is 28.5 Å². The van der Waals surface area contributed by atoms with Crippen LogP contribution in [0.1, 0.15) is 11.1 Å². The Balaban J connectivity index is 1.94. The van der Waals surface area contributed by atoms with E-state index in [-0.39, 0.29) is 34.4 Å². The predicted molar refractivity (Wildman–Crippen MR) is 108 cm³/mol. The van der Waals surface area contributed by atoms with Gasteiger partial charge in [0.15, 0.2) is 23.4 Å². The molecule has 5 rings (SSSR count). The van der Waals surface area contributed by atoms with Crippen LogP contribution in [0.3, 0.4) is 0 Å². The maximum Gasteiger partial charge on any atom is 0.707 e. The van der Waals surface area contributed by atoms with E-state index in [0.29, 0.717) is 0 Å². The molecule has 0 N–H and O–H groups in total. The minimum atomic E-state index is -2.11. The highest BCUT2D eigenvalue weighted by molar-refractivity contribution is 5.82. The molecule has 14 heteroatoms. The first-order chi connectivity index (χ1) is 15.6. The summed E-state index contributed by atoms with van der Waals surface area (Å²) in [7, 11) is 5.33. The van der Waals surface area contributed by atoms with Gasteiger partial charge in [-0.2, -0.15) is 10.1 Å². The largest absolute Gasteiger partial charge is 0.707 e. The van der Waals surface area contributed by atoms with E-state index in [1.54, 1.807) is 0 Å². The second-order valence-corrected chi connectivity index (χ2v) is 7.50. The zero-order valence-corrected chi connectivity index (χ0v) is 17.7. The van der Waals surface area contributed by atoms with Gasteiger partial charge < -0.3 is 9.47 Å². The molecule has 1 atom stereocenters. The Bertz CT molecular complexity index is 1630. The second-order valence-electron chi connectivity index (χ2n) is 7.50. The quantitative estimate of drug-likeness (QED) is 0.309. The minimum absolute atomic E-state index is 0.0576. The van der Waals surface area contributed by atoms with Crippen molar-refractivity contribution in [1.29, 1.82) is 5.26 Å². The zero-order chi connectivity index (χ0) is 24.0. The fraction of sp³-hybridized carbons (Fsp3) is 0.263. The van der Waals surface area contributed by atoms with Gasteiger partial charge in [-0.05, 0) is 4.58 Å². The van der Waals surface area contributed by atoms with Gasteiger partial charge in [-0.15, -0.1) is 0 Å². The van der Waals surface area contributed by atoms with Crippen molar-refractivity contribution in [3.63, 3.8) is 0 Å². The highest BCUT2D eigenvalue weighted by atomic mass is 16.8. The summed E-state index contributed by atoms with van der Waals surface area (Å²) in [5, 5.41) is 9.81. The lowest BCUT2D eigenvalue weighted by atomic mass is 10.2. The summed E-state index contributed by atoms with van der Waals surface area (Å²) < 4.78 is 18.2. The Kier molecular flexibility index (Phi) is 3.65. The average Bonchev–Trinajstić information content (AvgIpc) is 3.09. The summed E-state index contributed by atoms with van der Waals surface area (Å²) in [6.07, 6.45) is 2.48. The van der Waals surface area contributed by atoms with Crippen molar-refractivity contribution >= 4 is 12.4 Å². The molecule has 5 heterocycles. The van der Waals surface area contributed by atoms with Crippen LogP contribution in [-0.2, 0) is 28.2 Å². The molecular weight excluding hydrogens is 436 g/mol. The predicted octanol–water partition coefficient (Wildman–Crippen LogP) is -2.93. The number of rotatable bonds is 0. The molecule has 14 nitrogen and oxygen atoms in total. The first-order valence-corrected chi connectivity index (χ1v) is 9.37. The summed E-state index contributed by atoms with van der Waals surface area (Å²) in [4.78, 5) is 53.9. The van der Waals surface area contributed by atoms with E-state index in [2.05, 4.69) is 4.85 Å². The Hall–Kier alpha value is -4.98. The van der Waals surface area contributed by atoms with E-state index in [9.17, 15) is 24.4 Å². The fourth-order valence-corrected chi connectivity index (χ4v) is 4.01. The number of ether oxygens (including phenoxy) is 2. The molecule has 0 saturated carbocycles. The van der Waals surface area contributed by atoms with Gasteiger partial charge in [-0.1, -0.05) is 4.58 Å². The molecule has 0 bridgehead atoms. The van der Waals surface area contributed by atoms with Crippen molar-refractivity contribution in [2.24, 2.45) is 28.2 Å². The molecule has 3 aliphatic heterocycles. The lowest BCUT2D eigenvalue weighted by molar-refractivity contribution is -0.849. The topological polar surface area (TPSA) is 141 Å². The number of hydrogen-bond acceptors (Lipinski definition) is 7. The zero-order valence-electron chi connectivity index (χ0n) is 17.7. The molecule has 1 spiro atoms. The third kappa shape index (κ3) is 2.13. The monoisotopic (exact) mass is 450 g/mol. The Morgan fingerprint density at radius 1 is 0.879 bits per heavy atom. The van der Waals surface area contributed by atoms with Gasteiger partial charge in [-0.3, -0.25) is 27.9 Å². The third-order valence-electron chi connectivity index (χ3n) is 5.77. The van der Waals surface area contributed by atoms with E-state index in [1.807, 2.05) is 6.07 Å². The highest BCUT2D eigenvalue weighted by Gasteiger charge is 2.75. The summed E-state index contributed by atoms with van der Waals surface area (Å²) in [5.41, 5.74) is -3.08. The molecule has 164 valence electrons. The molecule has 0 fully saturated rings. The standard InChI is InChI=1S/C19H14N8O6/c1-21-12-11(6-20)26-7-9-13(28)22(2)17(30)24(4)15(9)32-19(26)27(12)8-10-14(29)23(3)18(31)25(5)16(10)33-19/h7-8H,2-5H3/q+2. The lowest BCUT2D eigenvalue weighted by Gasteiger charge is -2.28. The van der Waals surface area contributed by atoms with Gasteiger partial charge >= 0.3 is 28.9 Å². The maximum atomic E-state index is 12.8. The molecule has 0 aliphatic carbocycles. The Morgan fingerprint density at radius 2 is 1.33 bits per heavy atom. The first-order valence-electron chi connectivity index (χ1n) is 9.37. The van der Waals surface area contributed by atoms with E-state index in [4.69, 9.17) is 16.0 Å². The molecule has 3 aliphatic rings. The summed E-state index contributed by atoms with van der Waals surface area (Å²) >= 11 is 0. The van der Waals surface area contributed by atoms with Crippen LogP contribution < -0.4 is 32.0 Å². The molecule has 1 unspecified atom stereocenters. The normalized spacial score (nSPS) is 19.6. The minimum Gasteiger partial charge on any atom is -0.324 e. The van der Waals surface area contributed by atoms with Crippen molar-refractivity contribution in [3.8, 4) is 17.8 Å². The SMILES string of the molecule is [C-]#[N+]C1=C(C#N)[N+]2=Cc3c(n(C)c(=O)n(C)c3=O)OC23Oc2c(c(=O)n(C)c(=O)n2C)C=[N+]13. The fourth-order valence-electron chi connectivity index (χ4n) is 4.01. The molecule has 0 radical (unpaired) electrons. The number of hydrogen-bond donors (Lipinski definition) is 0. The van der Waals surface area contributed by atoms with Crippen molar-refractivity contribution in [1.82, 2.24) is 18.3 Å². The number of nitrogens with zero attached hydrogens (tertiary/aromatic N) is 8. The number of allylic oxidation sites excluding steroid dienone is 1. The van der Waals surface area contributed by atoms with Crippen molar-refractivity contribution < 1.29 is 18.6 Å². The molecule has 0 saturated heterocycles. The molecule has 0 aromatic carbocycles. The van der Waals surface area contributed by atoms with Gasteiger partial charge in [0.05, 0.1) is 0 Å². The number of aromatic nitrogens is 4. The van der Waals surface area contributed by atoms with Gasteiger partial charge in [0.25, 0.3) is 11.1 Å². The third-order valence-corrected chi connectivity index (χ3v) is 5.77. The van der Waals surface area contributed by atoms with Crippen molar-refractivity contribution in [2.45, 2.75) is 6.03 Å². The van der Waals surface area contributed by atoms with Crippen LogP contribution in [0.2, 0.25) is 0 Å². The number of nitriles is 1. The first kappa shape index (κ1) is 20.0. The molecular formula is C19H14N8O6+2. The van der Waals surface area contributed by atoms with Crippen LogP contribution in [-0.4, -0.2) is 45.9 Å². The molecule has 0 amide bonds. The highest BCUT2D eigenvalue weighted by Crippen LogP contribution is 2.39. The van der Waals surface area contributed by atoms with Gasteiger partial charge in [-0.25, -0.2) is 9.59 Å². The van der Waals surface area contributed by atoms with Crippen LogP contribution >= 0.6 is 0 Å². The van der Waals surface area contributed by atoms with Crippen LogP contribution in [0.4, 0.5) is 0 Å². The molecule has 2 aromatic rings. The van der Waals surface area contributed by atoms with E-state index in [0.717, 1.165) is 27.4 Å². The lowest BCUT2D eigenvalue weighted by Crippen LogP contribution is -2.63. The van der Waals surface area contributed by atoms with Crippen LogP contribution in [0.25, 0.3) is 4.85 Å². The smallest absolute Gasteiger partial charge is 0.324 e. The average molecular weight is 450 g/mol. The van der Waals surface area contributed by atoms with Crippen LogP contribution in [0.5, 0.6) is 11.8 Å². The summed E-state index contributed by atoms with van der Waals surface area (Å²) in [5.74, 6) is -0.609. The maximum absolute atomic E-state index is 12.8. The number of fused-ring (bicyclic) bond motifs is 2. The summed E-state index contributed by atoms with van der Waals surface area (Å²) in [6, 6.07) is -0.218. The van der Waals surface area contributed by atoms with Gasteiger partial charge in [0, 0.05) is 28.2 Å². The second kappa shape index (κ2) is 6.04. The Labute approximate surface area is 183 Å². The van der Waals surface area contributed by atoms with Crippen LogP contribution in [0.15, 0.2) is 30.7 Å². The molecule has 2 aromatic heterocycles. The van der Waals surface area contributed by atoms with Crippen molar-refractivity contribution in [3.05, 3.63) is 75.7 Å². The van der Waals surface area contributed by atoms with E-state index >= 15 is 0 Å². The van der Waals surface area contributed by atoms with Crippen LogP contribution in [0, 0.1) is 17.9 Å². The molecule has 33 heavy (non-hydrogen) atoms. The van der Waals surface area contributed by atoms with E-state index in [1.165, 1.54) is 40.6 Å². The van der Waals surface area contributed by atoms with Gasteiger partial charge in [0.2, 0.25) is 18.0 Å².